The number of hydrogen-bond acceptors (Lipinski definition) is 4. The van der Waals surface area contributed by atoms with Crippen molar-refractivity contribution < 1.29 is 9.53 Å². The van der Waals surface area contributed by atoms with Gasteiger partial charge in [0.05, 0.1) is 18.2 Å². The molecule has 1 aromatic rings. The Labute approximate surface area is 101 Å². The molecule has 0 saturated carbocycles. The molecule has 0 bridgehead atoms. The minimum Gasteiger partial charge on any atom is -0.465 e. The molecule has 1 rings (SSSR count). The third-order valence-corrected chi connectivity index (χ3v) is 2.87. The second-order valence-corrected chi connectivity index (χ2v) is 4.10. The van der Waals surface area contributed by atoms with Gasteiger partial charge in [-0.25, -0.2) is 4.79 Å². The van der Waals surface area contributed by atoms with Crippen LogP contribution in [0.4, 0.5) is 0 Å². The Morgan fingerprint density at radius 1 is 1.64 bits per heavy atom. The Kier molecular flexibility index (Phi) is 3.77. The molecule has 0 radical (unpaired) electrons. The van der Waals surface area contributed by atoms with E-state index < -0.39 is 5.97 Å². The van der Waals surface area contributed by atoms with E-state index in [0.29, 0.717) is 16.0 Å². The summed E-state index contributed by atoms with van der Waals surface area (Å²) < 4.78 is 5.32. The summed E-state index contributed by atoms with van der Waals surface area (Å²) in [6.45, 7) is 0. The standard InChI is InChI=1S/C9H6INO2S/c1-13-9(12)6-2-5(4-11)7(10)3-8(6)14/h2-3,14H,1H3. The molecule has 0 aromatic heterocycles. The lowest BCUT2D eigenvalue weighted by atomic mass is 10.1. The van der Waals surface area contributed by atoms with Gasteiger partial charge < -0.3 is 4.74 Å². The summed E-state index contributed by atoms with van der Waals surface area (Å²) in [6, 6.07) is 5.14. The molecule has 1 aromatic carbocycles. The molecule has 14 heavy (non-hydrogen) atoms. The van der Waals surface area contributed by atoms with E-state index in [1.807, 2.05) is 28.7 Å². The maximum absolute atomic E-state index is 11.2. The van der Waals surface area contributed by atoms with Gasteiger partial charge in [-0.1, -0.05) is 0 Å². The number of methoxy groups -OCH3 is 1. The van der Waals surface area contributed by atoms with Crippen molar-refractivity contribution in [1.29, 1.82) is 5.26 Å². The molecule has 0 unspecified atom stereocenters. The second-order valence-electron chi connectivity index (χ2n) is 2.45. The molecular weight excluding hydrogens is 313 g/mol. The van der Waals surface area contributed by atoms with Gasteiger partial charge in [0.25, 0.3) is 0 Å². The molecule has 3 nitrogen and oxygen atoms in total. The topological polar surface area (TPSA) is 50.1 Å². The van der Waals surface area contributed by atoms with Gasteiger partial charge in [0.1, 0.15) is 6.07 Å². The zero-order valence-electron chi connectivity index (χ0n) is 7.24. The van der Waals surface area contributed by atoms with E-state index in [4.69, 9.17) is 5.26 Å². The van der Waals surface area contributed by atoms with Crippen molar-refractivity contribution in [3.63, 3.8) is 0 Å². The zero-order chi connectivity index (χ0) is 10.7. The van der Waals surface area contributed by atoms with E-state index in [1.165, 1.54) is 13.2 Å². The van der Waals surface area contributed by atoms with E-state index >= 15 is 0 Å². The summed E-state index contributed by atoms with van der Waals surface area (Å²) in [4.78, 5) is 11.7. The number of ether oxygens (including phenoxy) is 1. The first-order chi connectivity index (χ1) is 6.60. The Hall–Kier alpha value is -0.740. The summed E-state index contributed by atoms with van der Waals surface area (Å²) in [5.74, 6) is -0.483. The third kappa shape index (κ3) is 2.19. The molecule has 5 heteroatoms. The van der Waals surface area contributed by atoms with Gasteiger partial charge in [-0.3, -0.25) is 0 Å². The van der Waals surface area contributed by atoms with Crippen molar-refractivity contribution in [2.45, 2.75) is 4.90 Å². The number of rotatable bonds is 1. The maximum Gasteiger partial charge on any atom is 0.339 e. The third-order valence-electron chi connectivity index (χ3n) is 1.61. The minimum absolute atomic E-state index is 0.313. The van der Waals surface area contributed by atoms with Gasteiger partial charge in [0, 0.05) is 8.47 Å². The van der Waals surface area contributed by atoms with E-state index in [9.17, 15) is 4.79 Å². The molecule has 0 saturated heterocycles. The summed E-state index contributed by atoms with van der Waals surface area (Å²) >= 11 is 6.15. The molecule has 72 valence electrons. The highest BCUT2D eigenvalue weighted by atomic mass is 127. The number of nitrogens with zero attached hydrogens (tertiary/aromatic N) is 1. The Bertz CT molecular complexity index is 426. The first-order valence-electron chi connectivity index (χ1n) is 3.61. The lowest BCUT2D eigenvalue weighted by Crippen LogP contribution is -2.03. The van der Waals surface area contributed by atoms with Crippen molar-refractivity contribution in [1.82, 2.24) is 0 Å². The van der Waals surface area contributed by atoms with Crippen LogP contribution < -0.4 is 0 Å². The van der Waals surface area contributed by atoms with Crippen LogP contribution in [-0.2, 0) is 4.74 Å². The monoisotopic (exact) mass is 319 g/mol. The first kappa shape index (κ1) is 11.3. The van der Waals surface area contributed by atoms with Gasteiger partial charge in [-0.15, -0.1) is 12.6 Å². The van der Waals surface area contributed by atoms with E-state index in [1.54, 1.807) is 6.07 Å². The van der Waals surface area contributed by atoms with Crippen molar-refractivity contribution in [2.24, 2.45) is 0 Å². The lowest BCUT2D eigenvalue weighted by molar-refractivity contribution is 0.0597. The summed E-state index contributed by atoms with van der Waals surface area (Å²) in [5.41, 5.74) is 0.761. The maximum atomic E-state index is 11.2. The summed E-state index contributed by atoms with van der Waals surface area (Å²) in [5, 5.41) is 8.76. The van der Waals surface area contributed by atoms with E-state index in [0.717, 1.165) is 3.57 Å². The van der Waals surface area contributed by atoms with Crippen LogP contribution in [-0.4, -0.2) is 13.1 Å². The Balaban J connectivity index is 3.33. The quantitative estimate of drug-likeness (QED) is 0.491. The van der Waals surface area contributed by atoms with Crippen LogP contribution in [0.5, 0.6) is 0 Å². The van der Waals surface area contributed by atoms with Gasteiger partial charge >= 0.3 is 5.97 Å². The molecule has 0 heterocycles. The number of benzene rings is 1. The predicted molar refractivity (Wildman–Crippen MR) is 62.5 cm³/mol. The first-order valence-corrected chi connectivity index (χ1v) is 5.13. The van der Waals surface area contributed by atoms with E-state index in [2.05, 4.69) is 17.4 Å². The molecule has 0 N–H and O–H groups in total. The molecule has 0 aliphatic rings. The summed E-state index contributed by atoms with van der Waals surface area (Å²) in [6.07, 6.45) is 0. The average molecular weight is 319 g/mol. The number of carbonyl (C=O) groups is 1. The molecule has 0 fully saturated rings. The Morgan fingerprint density at radius 2 is 2.29 bits per heavy atom. The normalized spacial score (nSPS) is 9.29. The fourth-order valence-corrected chi connectivity index (χ4v) is 2.04. The largest absolute Gasteiger partial charge is 0.465 e. The lowest BCUT2D eigenvalue weighted by Gasteiger charge is -2.04. The fourth-order valence-electron chi connectivity index (χ4n) is 0.922. The SMILES string of the molecule is COC(=O)c1cc(C#N)c(I)cc1S. The average Bonchev–Trinajstić information content (AvgIpc) is 2.17. The fraction of sp³-hybridized carbons (Fsp3) is 0.111. The number of nitriles is 1. The zero-order valence-corrected chi connectivity index (χ0v) is 10.3. The molecule has 0 spiro atoms. The van der Waals surface area contributed by atoms with Crippen LogP contribution in [0.3, 0.4) is 0 Å². The van der Waals surface area contributed by atoms with Crippen molar-refractivity contribution in [2.75, 3.05) is 7.11 Å². The van der Waals surface area contributed by atoms with Gasteiger partial charge in [0.15, 0.2) is 0 Å². The van der Waals surface area contributed by atoms with Crippen molar-refractivity contribution in [3.05, 3.63) is 26.8 Å². The van der Waals surface area contributed by atoms with Gasteiger partial charge in [-0.05, 0) is 34.7 Å². The number of halogens is 1. The number of esters is 1. The van der Waals surface area contributed by atoms with Gasteiger partial charge in [0.2, 0.25) is 0 Å². The highest BCUT2D eigenvalue weighted by molar-refractivity contribution is 14.1. The number of carbonyl (C=O) groups excluding carboxylic acids is 1. The molecular formula is C9H6INO2S. The minimum atomic E-state index is -0.483. The van der Waals surface area contributed by atoms with Crippen LogP contribution in [0.1, 0.15) is 15.9 Å². The Morgan fingerprint density at radius 3 is 2.79 bits per heavy atom. The van der Waals surface area contributed by atoms with Gasteiger partial charge in [-0.2, -0.15) is 5.26 Å². The van der Waals surface area contributed by atoms with Crippen LogP contribution in [0, 0.1) is 14.9 Å². The number of thiol groups is 1. The number of hydrogen-bond donors (Lipinski definition) is 1. The molecule has 0 amide bonds. The molecule has 0 atom stereocenters. The highest BCUT2D eigenvalue weighted by Gasteiger charge is 2.12. The van der Waals surface area contributed by atoms with Crippen molar-refractivity contribution in [3.8, 4) is 6.07 Å². The van der Waals surface area contributed by atoms with E-state index in [-0.39, 0.29) is 0 Å². The van der Waals surface area contributed by atoms with Crippen LogP contribution in [0.25, 0.3) is 0 Å². The van der Waals surface area contributed by atoms with Crippen LogP contribution in [0.15, 0.2) is 17.0 Å². The van der Waals surface area contributed by atoms with Crippen LogP contribution >= 0.6 is 35.2 Å². The second kappa shape index (κ2) is 4.66. The smallest absolute Gasteiger partial charge is 0.339 e. The summed E-state index contributed by atoms with van der Waals surface area (Å²) in [7, 11) is 1.29. The molecule has 0 aliphatic carbocycles. The van der Waals surface area contributed by atoms with Crippen molar-refractivity contribution >= 4 is 41.2 Å². The molecule has 0 aliphatic heterocycles. The highest BCUT2D eigenvalue weighted by Crippen LogP contribution is 2.21. The predicted octanol–water partition coefficient (Wildman–Crippen LogP) is 2.24. The van der Waals surface area contributed by atoms with Crippen LogP contribution in [0.2, 0.25) is 0 Å².